The number of benzene rings is 1. The number of fused-ring (bicyclic) bond motifs is 1. The van der Waals surface area contributed by atoms with Gasteiger partial charge in [0.1, 0.15) is 6.29 Å². The summed E-state index contributed by atoms with van der Waals surface area (Å²) in [5.74, 6) is 0. The molecule has 0 unspecified atom stereocenters. The average molecular weight is 215 g/mol. The molecule has 1 aromatic carbocycles. The Bertz CT molecular complexity index is 392. The Kier molecular flexibility index (Phi) is 4.18. The van der Waals surface area contributed by atoms with Crippen LogP contribution in [0.25, 0.3) is 10.9 Å². The lowest BCUT2D eigenvalue weighted by molar-refractivity contribution is -0.113. The van der Waals surface area contributed by atoms with Gasteiger partial charge in [0.25, 0.3) is 0 Å². The Balaban J connectivity index is 0.000000187. The van der Waals surface area contributed by atoms with Crippen molar-refractivity contribution in [3.05, 3.63) is 42.6 Å². The van der Waals surface area contributed by atoms with Crippen molar-refractivity contribution >= 4 is 17.2 Å². The third kappa shape index (κ3) is 4.22. The summed E-state index contributed by atoms with van der Waals surface area (Å²) in [6.45, 7) is 5.62. The van der Waals surface area contributed by atoms with E-state index in [0.717, 1.165) is 11.8 Å². The molecule has 0 aliphatic rings. The van der Waals surface area contributed by atoms with E-state index >= 15 is 0 Å². The Morgan fingerprint density at radius 2 is 1.62 bits per heavy atom. The number of nitrogens with zero attached hydrogens (tertiary/aromatic N) is 1. The van der Waals surface area contributed by atoms with E-state index in [1.165, 1.54) is 5.39 Å². The van der Waals surface area contributed by atoms with Crippen LogP contribution in [0, 0.1) is 5.41 Å². The Morgan fingerprint density at radius 3 is 2.19 bits per heavy atom. The number of hydrogen-bond donors (Lipinski definition) is 0. The lowest BCUT2D eigenvalue weighted by Gasteiger charge is -2.03. The first-order chi connectivity index (χ1) is 7.53. The van der Waals surface area contributed by atoms with Gasteiger partial charge in [0.15, 0.2) is 0 Å². The number of carbonyl (C=O) groups is 1. The van der Waals surface area contributed by atoms with Crippen molar-refractivity contribution in [2.75, 3.05) is 0 Å². The van der Waals surface area contributed by atoms with Gasteiger partial charge in [-0.05, 0) is 12.1 Å². The van der Waals surface area contributed by atoms with Gasteiger partial charge in [-0.15, -0.1) is 0 Å². The zero-order valence-electron chi connectivity index (χ0n) is 9.97. The standard InChI is InChI=1S/C9H7N.C5H10O/c1-2-6-9-8(4-1)5-3-7-10-9;1-5(2,3)4-6/h1-7H;4H,1-3H3. The molecule has 84 valence electrons. The molecule has 0 N–H and O–H groups in total. The van der Waals surface area contributed by atoms with Gasteiger partial charge in [-0.1, -0.05) is 45.0 Å². The largest absolute Gasteiger partial charge is 0.303 e. The van der Waals surface area contributed by atoms with Crippen molar-refractivity contribution in [2.45, 2.75) is 20.8 Å². The van der Waals surface area contributed by atoms with E-state index in [4.69, 9.17) is 0 Å². The molecule has 0 fully saturated rings. The summed E-state index contributed by atoms with van der Waals surface area (Å²) in [5.41, 5.74) is 0.921. The SMILES string of the molecule is CC(C)(C)C=O.c1ccc2ncccc2c1. The number of carbonyl (C=O) groups excluding carboxylic acids is 1. The van der Waals surface area contributed by atoms with Crippen molar-refractivity contribution in [1.82, 2.24) is 4.98 Å². The molecule has 2 nitrogen and oxygen atoms in total. The highest BCUT2D eigenvalue weighted by atomic mass is 16.1. The summed E-state index contributed by atoms with van der Waals surface area (Å²) >= 11 is 0. The summed E-state index contributed by atoms with van der Waals surface area (Å²) < 4.78 is 0. The van der Waals surface area contributed by atoms with Crippen LogP contribution in [0.4, 0.5) is 0 Å². The molecule has 1 aromatic heterocycles. The highest BCUT2D eigenvalue weighted by Gasteiger charge is 2.04. The maximum absolute atomic E-state index is 9.83. The molecule has 1 heterocycles. The minimum atomic E-state index is -0.139. The predicted octanol–water partition coefficient (Wildman–Crippen LogP) is 3.47. The zero-order chi connectivity index (χ0) is 12.0. The van der Waals surface area contributed by atoms with Gasteiger partial charge in [0.2, 0.25) is 0 Å². The first kappa shape index (κ1) is 12.4. The van der Waals surface area contributed by atoms with E-state index in [0.29, 0.717) is 0 Å². The van der Waals surface area contributed by atoms with Crippen molar-refractivity contribution in [2.24, 2.45) is 5.41 Å². The number of para-hydroxylation sites is 1. The number of rotatable bonds is 0. The van der Waals surface area contributed by atoms with E-state index in [-0.39, 0.29) is 5.41 Å². The van der Waals surface area contributed by atoms with Crippen LogP contribution in [-0.2, 0) is 4.79 Å². The number of aldehydes is 1. The molecule has 0 atom stereocenters. The summed E-state index contributed by atoms with van der Waals surface area (Å²) in [4.78, 5) is 14.0. The van der Waals surface area contributed by atoms with E-state index in [9.17, 15) is 4.79 Å². The van der Waals surface area contributed by atoms with Gasteiger partial charge in [0, 0.05) is 17.0 Å². The molecule has 0 amide bonds. The second kappa shape index (κ2) is 5.40. The summed E-state index contributed by atoms with van der Waals surface area (Å²) in [7, 11) is 0. The normalized spacial score (nSPS) is 10.4. The fraction of sp³-hybridized carbons (Fsp3) is 0.286. The van der Waals surface area contributed by atoms with E-state index in [2.05, 4.69) is 17.1 Å². The zero-order valence-corrected chi connectivity index (χ0v) is 9.97. The van der Waals surface area contributed by atoms with Crippen LogP contribution >= 0.6 is 0 Å². The van der Waals surface area contributed by atoms with E-state index in [1.807, 2.05) is 51.2 Å². The lowest BCUT2D eigenvalue weighted by Crippen LogP contribution is -2.04. The maximum atomic E-state index is 9.83. The monoisotopic (exact) mass is 215 g/mol. The third-order valence-corrected chi connectivity index (χ3v) is 1.87. The van der Waals surface area contributed by atoms with Gasteiger partial charge >= 0.3 is 0 Å². The molecule has 0 bridgehead atoms. The number of hydrogen-bond acceptors (Lipinski definition) is 2. The lowest BCUT2D eigenvalue weighted by atomic mass is 10.0. The quantitative estimate of drug-likeness (QED) is 0.630. The van der Waals surface area contributed by atoms with Crippen LogP contribution in [0.3, 0.4) is 0 Å². The fourth-order valence-electron chi connectivity index (χ4n) is 1.02. The minimum Gasteiger partial charge on any atom is -0.303 e. The van der Waals surface area contributed by atoms with Crippen molar-refractivity contribution in [3.63, 3.8) is 0 Å². The van der Waals surface area contributed by atoms with Gasteiger partial charge < -0.3 is 4.79 Å². The Hall–Kier alpha value is -1.70. The number of pyridine rings is 1. The molecule has 0 saturated carbocycles. The average Bonchev–Trinajstić information content (AvgIpc) is 2.29. The minimum absolute atomic E-state index is 0.139. The fourth-order valence-corrected chi connectivity index (χ4v) is 1.02. The van der Waals surface area contributed by atoms with Crippen molar-refractivity contribution in [3.8, 4) is 0 Å². The van der Waals surface area contributed by atoms with Crippen LogP contribution < -0.4 is 0 Å². The maximum Gasteiger partial charge on any atom is 0.125 e. The molecule has 2 aromatic rings. The third-order valence-electron chi connectivity index (χ3n) is 1.87. The molecule has 0 radical (unpaired) electrons. The molecule has 0 spiro atoms. The summed E-state index contributed by atoms with van der Waals surface area (Å²) in [6.07, 6.45) is 2.75. The van der Waals surface area contributed by atoms with Crippen molar-refractivity contribution in [1.29, 1.82) is 0 Å². The molecule has 0 aliphatic heterocycles. The molecular formula is C14H17NO. The van der Waals surface area contributed by atoms with Crippen LogP contribution in [-0.4, -0.2) is 11.3 Å². The first-order valence-corrected chi connectivity index (χ1v) is 5.29. The second-order valence-electron chi connectivity index (χ2n) is 4.68. The van der Waals surface area contributed by atoms with Crippen LogP contribution in [0.5, 0.6) is 0 Å². The van der Waals surface area contributed by atoms with Crippen molar-refractivity contribution < 1.29 is 4.79 Å². The second-order valence-corrected chi connectivity index (χ2v) is 4.68. The molecule has 0 saturated heterocycles. The predicted molar refractivity (Wildman–Crippen MR) is 67.3 cm³/mol. The van der Waals surface area contributed by atoms with Crippen LogP contribution in [0.1, 0.15) is 20.8 Å². The van der Waals surface area contributed by atoms with Gasteiger partial charge in [-0.25, -0.2) is 0 Å². The Morgan fingerprint density at radius 1 is 1.06 bits per heavy atom. The van der Waals surface area contributed by atoms with Gasteiger partial charge in [-0.3, -0.25) is 4.98 Å². The van der Waals surface area contributed by atoms with Gasteiger partial charge in [0.05, 0.1) is 5.52 Å². The topological polar surface area (TPSA) is 30.0 Å². The molecule has 2 rings (SSSR count). The highest BCUT2D eigenvalue weighted by Crippen LogP contribution is 2.08. The summed E-state index contributed by atoms with van der Waals surface area (Å²) in [6, 6.07) is 12.1. The van der Waals surface area contributed by atoms with Crippen LogP contribution in [0.15, 0.2) is 42.6 Å². The molecule has 2 heteroatoms. The van der Waals surface area contributed by atoms with E-state index < -0.39 is 0 Å². The highest BCUT2D eigenvalue weighted by molar-refractivity contribution is 5.77. The smallest absolute Gasteiger partial charge is 0.125 e. The molecular weight excluding hydrogens is 198 g/mol. The molecule has 0 aliphatic carbocycles. The summed E-state index contributed by atoms with van der Waals surface area (Å²) in [5, 5.41) is 1.20. The first-order valence-electron chi connectivity index (χ1n) is 5.29. The Labute approximate surface area is 96.3 Å². The van der Waals surface area contributed by atoms with Crippen LogP contribution in [0.2, 0.25) is 0 Å². The number of aromatic nitrogens is 1. The molecule has 16 heavy (non-hydrogen) atoms. The van der Waals surface area contributed by atoms with Gasteiger partial charge in [-0.2, -0.15) is 0 Å². The van der Waals surface area contributed by atoms with E-state index in [1.54, 1.807) is 0 Å².